The maximum absolute atomic E-state index is 12.7. The number of sulfonamides is 1. The molecule has 0 radical (unpaired) electrons. The van der Waals surface area contributed by atoms with Crippen LogP contribution in [0.1, 0.15) is 67.8 Å². The van der Waals surface area contributed by atoms with Crippen molar-refractivity contribution in [3.05, 3.63) is 35.4 Å². The van der Waals surface area contributed by atoms with Crippen molar-refractivity contribution >= 4 is 28.3 Å². The predicted molar refractivity (Wildman–Crippen MR) is 128 cm³/mol. The lowest BCUT2D eigenvalue weighted by Gasteiger charge is -2.47. The summed E-state index contributed by atoms with van der Waals surface area (Å²) in [6.07, 6.45) is 7.56. The smallest absolute Gasteiger partial charge is 0.251 e. The molecule has 1 aromatic rings. The first kappa shape index (κ1) is 26.1. The number of piperazine rings is 1. The molecule has 1 amide bonds. The van der Waals surface area contributed by atoms with Crippen LogP contribution in [0.25, 0.3) is 0 Å². The van der Waals surface area contributed by atoms with E-state index in [1.165, 1.54) is 12.8 Å². The van der Waals surface area contributed by atoms with E-state index in [-0.39, 0.29) is 29.6 Å². The quantitative estimate of drug-likeness (QED) is 0.617. The van der Waals surface area contributed by atoms with Crippen LogP contribution in [0.4, 0.5) is 0 Å². The molecule has 1 heterocycles. The summed E-state index contributed by atoms with van der Waals surface area (Å²) in [4.78, 5) is 15.2. The number of carbonyl (C=O) groups excluding carboxylic acids is 1. The Labute approximate surface area is 194 Å². The lowest BCUT2D eigenvalue weighted by molar-refractivity contribution is 0.0391. The Bertz CT molecular complexity index is 798. The first-order valence-corrected chi connectivity index (χ1v) is 13.0. The van der Waals surface area contributed by atoms with Gasteiger partial charge in [-0.3, -0.25) is 9.69 Å². The van der Waals surface area contributed by atoms with Gasteiger partial charge in [-0.25, -0.2) is 8.42 Å². The maximum Gasteiger partial charge on any atom is 0.251 e. The van der Waals surface area contributed by atoms with Crippen LogP contribution in [-0.2, 0) is 10.0 Å². The third-order valence-corrected chi connectivity index (χ3v) is 8.77. The third kappa shape index (κ3) is 6.67. The molecule has 0 aromatic heterocycles. The number of hydrogen-bond donors (Lipinski definition) is 1. The second-order valence-electron chi connectivity index (χ2n) is 8.89. The van der Waals surface area contributed by atoms with Crippen LogP contribution in [0, 0.1) is 6.92 Å². The van der Waals surface area contributed by atoms with Crippen molar-refractivity contribution < 1.29 is 13.2 Å². The van der Waals surface area contributed by atoms with E-state index in [1.54, 1.807) is 4.31 Å². The molecule has 1 N–H and O–H groups in total. The van der Waals surface area contributed by atoms with Crippen molar-refractivity contribution in [2.75, 3.05) is 38.5 Å². The van der Waals surface area contributed by atoms with E-state index in [0.717, 1.165) is 44.3 Å². The molecule has 8 heteroatoms. The number of hydrogen-bond acceptors (Lipinski definition) is 4. The zero-order chi connectivity index (χ0) is 21.6. The van der Waals surface area contributed by atoms with Crippen molar-refractivity contribution in [3.8, 4) is 0 Å². The van der Waals surface area contributed by atoms with Gasteiger partial charge in [-0.1, -0.05) is 50.3 Å². The van der Waals surface area contributed by atoms with Gasteiger partial charge in [-0.05, 0) is 38.3 Å². The van der Waals surface area contributed by atoms with Crippen LogP contribution < -0.4 is 5.32 Å². The van der Waals surface area contributed by atoms with Gasteiger partial charge in [0.2, 0.25) is 10.0 Å². The molecule has 0 bridgehead atoms. The molecule has 6 nitrogen and oxygen atoms in total. The number of nitrogens with zero attached hydrogens (tertiary/aromatic N) is 2. The number of benzene rings is 1. The normalized spacial score (nSPS) is 20.5. The molecule has 3 rings (SSSR count). The second-order valence-corrected chi connectivity index (χ2v) is 11.0. The summed E-state index contributed by atoms with van der Waals surface area (Å²) in [5.74, 6) is 0.202. The highest BCUT2D eigenvalue weighted by Gasteiger charge is 2.40. The molecular formula is C23H38ClN3O3S. The van der Waals surface area contributed by atoms with Crippen LogP contribution in [0.2, 0.25) is 0 Å². The third-order valence-electron chi connectivity index (χ3n) is 6.69. The number of aryl methyl sites for hydroxylation is 1. The van der Waals surface area contributed by atoms with Gasteiger partial charge in [0.25, 0.3) is 5.91 Å². The summed E-state index contributed by atoms with van der Waals surface area (Å²) < 4.78 is 26.6. The Balaban J connectivity index is 0.00000341. The number of halogens is 1. The van der Waals surface area contributed by atoms with Crippen LogP contribution in [0.5, 0.6) is 0 Å². The van der Waals surface area contributed by atoms with Gasteiger partial charge in [0.1, 0.15) is 0 Å². The zero-order valence-corrected chi connectivity index (χ0v) is 20.6. The van der Waals surface area contributed by atoms with Gasteiger partial charge in [0.05, 0.1) is 5.75 Å². The van der Waals surface area contributed by atoms with E-state index in [1.807, 2.05) is 38.1 Å². The van der Waals surface area contributed by atoms with Crippen molar-refractivity contribution in [2.45, 2.75) is 64.3 Å². The van der Waals surface area contributed by atoms with Crippen molar-refractivity contribution in [3.63, 3.8) is 0 Å². The average Bonchev–Trinajstić information content (AvgIpc) is 2.99. The summed E-state index contributed by atoms with van der Waals surface area (Å²) in [6, 6.07) is 7.68. The number of nitrogens with one attached hydrogen (secondary N) is 1. The minimum atomic E-state index is -3.14. The van der Waals surface area contributed by atoms with Crippen molar-refractivity contribution in [2.24, 2.45) is 0 Å². The van der Waals surface area contributed by atoms with Gasteiger partial charge in [0, 0.05) is 43.8 Å². The molecule has 1 saturated heterocycles. The summed E-state index contributed by atoms with van der Waals surface area (Å²) in [7, 11) is -3.14. The molecular weight excluding hydrogens is 434 g/mol. The lowest BCUT2D eigenvalue weighted by Crippen LogP contribution is -2.61. The zero-order valence-electron chi connectivity index (χ0n) is 18.9. The van der Waals surface area contributed by atoms with E-state index in [9.17, 15) is 13.2 Å². The Morgan fingerprint density at radius 3 is 2.13 bits per heavy atom. The number of carbonyl (C=O) groups is 1. The fourth-order valence-electron chi connectivity index (χ4n) is 4.87. The largest absolute Gasteiger partial charge is 0.350 e. The van der Waals surface area contributed by atoms with E-state index in [4.69, 9.17) is 0 Å². The molecule has 176 valence electrons. The molecule has 0 atom stereocenters. The van der Waals surface area contributed by atoms with Gasteiger partial charge in [-0.15, -0.1) is 12.4 Å². The molecule has 31 heavy (non-hydrogen) atoms. The SMILES string of the molecule is CCCS(=O)(=O)N1CCN(C2(CNC(=O)c3ccc(C)cc3)CCCCCC2)CC1.Cl. The van der Waals surface area contributed by atoms with Gasteiger partial charge in [0.15, 0.2) is 0 Å². The maximum atomic E-state index is 12.7. The summed E-state index contributed by atoms with van der Waals surface area (Å²) in [5, 5.41) is 3.20. The Kier molecular flexibility index (Phi) is 9.80. The highest BCUT2D eigenvalue weighted by Crippen LogP contribution is 2.33. The summed E-state index contributed by atoms with van der Waals surface area (Å²) in [5.41, 5.74) is 1.76. The lowest BCUT2D eigenvalue weighted by atomic mass is 9.87. The van der Waals surface area contributed by atoms with Gasteiger partial charge < -0.3 is 5.32 Å². The average molecular weight is 472 g/mol. The van der Waals surface area contributed by atoms with Crippen LogP contribution in [-0.4, -0.2) is 67.5 Å². The summed E-state index contributed by atoms with van der Waals surface area (Å²) >= 11 is 0. The Morgan fingerprint density at radius 2 is 1.58 bits per heavy atom. The van der Waals surface area contributed by atoms with Gasteiger partial charge in [-0.2, -0.15) is 4.31 Å². The Hall–Kier alpha value is -1.15. The minimum Gasteiger partial charge on any atom is -0.350 e. The number of amides is 1. The van der Waals surface area contributed by atoms with Gasteiger partial charge >= 0.3 is 0 Å². The predicted octanol–water partition coefficient (Wildman–Crippen LogP) is 3.60. The van der Waals surface area contributed by atoms with Crippen LogP contribution in [0.15, 0.2) is 24.3 Å². The first-order valence-electron chi connectivity index (χ1n) is 11.4. The summed E-state index contributed by atoms with van der Waals surface area (Å²) in [6.45, 7) is 7.13. The Morgan fingerprint density at radius 1 is 1.00 bits per heavy atom. The van der Waals surface area contributed by atoms with E-state index in [0.29, 0.717) is 31.6 Å². The molecule has 2 aliphatic rings. The molecule has 0 unspecified atom stereocenters. The highest BCUT2D eigenvalue weighted by atomic mass is 35.5. The number of rotatable bonds is 7. The van der Waals surface area contributed by atoms with E-state index >= 15 is 0 Å². The topological polar surface area (TPSA) is 69.7 Å². The van der Waals surface area contributed by atoms with Crippen molar-refractivity contribution in [1.29, 1.82) is 0 Å². The standard InChI is InChI=1S/C23H37N3O3S.ClH/c1-3-18-30(28,29)26-16-14-25(15-17-26)23(12-6-4-5-7-13-23)19-24-22(27)21-10-8-20(2)9-11-21;/h8-11H,3-7,12-19H2,1-2H3,(H,24,27);1H. The molecule has 0 spiro atoms. The first-order chi connectivity index (χ1) is 14.4. The highest BCUT2D eigenvalue weighted by molar-refractivity contribution is 7.89. The molecule has 1 aliphatic heterocycles. The molecule has 1 aliphatic carbocycles. The van der Waals surface area contributed by atoms with E-state index in [2.05, 4.69) is 10.2 Å². The fourth-order valence-corrected chi connectivity index (χ4v) is 6.36. The van der Waals surface area contributed by atoms with Crippen LogP contribution >= 0.6 is 12.4 Å². The monoisotopic (exact) mass is 471 g/mol. The molecule has 1 aromatic carbocycles. The fraction of sp³-hybridized carbons (Fsp3) is 0.696. The van der Waals surface area contributed by atoms with E-state index < -0.39 is 10.0 Å². The second kappa shape index (κ2) is 11.6. The molecule has 2 fully saturated rings. The van der Waals surface area contributed by atoms with Crippen LogP contribution in [0.3, 0.4) is 0 Å². The minimum absolute atomic E-state index is 0. The van der Waals surface area contributed by atoms with Crippen molar-refractivity contribution in [1.82, 2.24) is 14.5 Å². The molecule has 1 saturated carbocycles.